The van der Waals surface area contributed by atoms with Gasteiger partial charge in [0.25, 0.3) is 5.91 Å². The van der Waals surface area contributed by atoms with E-state index in [9.17, 15) is 4.79 Å². The number of piperidine rings is 1. The summed E-state index contributed by atoms with van der Waals surface area (Å²) in [4.78, 5) is 15.1. The van der Waals surface area contributed by atoms with E-state index in [4.69, 9.17) is 4.52 Å². The smallest absolute Gasteiger partial charge is 0.259 e. The summed E-state index contributed by atoms with van der Waals surface area (Å²) in [7, 11) is 0. The molecule has 3 rings (SSSR count). The Kier molecular flexibility index (Phi) is 3.81. The summed E-state index contributed by atoms with van der Waals surface area (Å²) in [5, 5.41) is 3.98. The molecule has 20 heavy (non-hydrogen) atoms. The van der Waals surface area contributed by atoms with E-state index in [1.165, 1.54) is 32.1 Å². The van der Waals surface area contributed by atoms with Gasteiger partial charge < -0.3 is 9.42 Å². The minimum atomic E-state index is 0.150. The molecule has 0 spiro atoms. The van der Waals surface area contributed by atoms with E-state index in [2.05, 4.69) is 10.1 Å². The van der Waals surface area contributed by atoms with Crippen molar-refractivity contribution in [1.29, 1.82) is 0 Å². The molecule has 0 radical (unpaired) electrons. The van der Waals surface area contributed by atoms with Gasteiger partial charge in [0.15, 0.2) is 0 Å². The van der Waals surface area contributed by atoms with Crippen LogP contribution in [0.15, 0.2) is 4.52 Å². The van der Waals surface area contributed by atoms with Crippen LogP contribution in [0.5, 0.6) is 0 Å². The first-order chi connectivity index (χ1) is 9.72. The third-order valence-electron chi connectivity index (χ3n) is 4.97. The Labute approximate surface area is 120 Å². The maximum atomic E-state index is 12.9. The molecule has 1 amide bonds. The van der Waals surface area contributed by atoms with Crippen LogP contribution in [0.1, 0.15) is 67.3 Å². The second kappa shape index (κ2) is 5.58. The van der Waals surface area contributed by atoms with Crippen molar-refractivity contribution >= 4 is 5.91 Å². The third kappa shape index (κ3) is 2.25. The predicted octanol–water partition coefficient (Wildman–Crippen LogP) is 3.34. The summed E-state index contributed by atoms with van der Waals surface area (Å²) >= 11 is 0. The van der Waals surface area contributed by atoms with Crippen LogP contribution >= 0.6 is 0 Å². The monoisotopic (exact) mass is 276 g/mol. The minimum absolute atomic E-state index is 0.150. The van der Waals surface area contributed by atoms with Gasteiger partial charge in [-0.2, -0.15) is 0 Å². The first-order valence-electron chi connectivity index (χ1n) is 7.98. The van der Waals surface area contributed by atoms with Gasteiger partial charge in [0.1, 0.15) is 11.3 Å². The number of carbonyl (C=O) groups is 1. The number of rotatable bonds is 2. The molecule has 1 aliphatic heterocycles. The SMILES string of the molecule is CCc1onc(C)c1C(=O)N1CCC[C@@H]2CCCC[C@@H]21. The molecule has 0 aromatic carbocycles. The zero-order valence-corrected chi connectivity index (χ0v) is 12.5. The quantitative estimate of drug-likeness (QED) is 0.832. The Hall–Kier alpha value is -1.32. The molecule has 2 atom stereocenters. The zero-order valence-electron chi connectivity index (χ0n) is 12.5. The van der Waals surface area contributed by atoms with Crippen LogP contribution in [0.2, 0.25) is 0 Å². The van der Waals surface area contributed by atoms with Crippen LogP contribution in [0.3, 0.4) is 0 Å². The third-order valence-corrected chi connectivity index (χ3v) is 4.97. The van der Waals surface area contributed by atoms with Crippen LogP contribution in [0, 0.1) is 12.8 Å². The highest BCUT2D eigenvalue weighted by atomic mass is 16.5. The number of aromatic nitrogens is 1. The standard InChI is InChI=1S/C16H24N2O2/c1-3-14-15(11(2)17-20-14)16(19)18-10-6-8-12-7-4-5-9-13(12)18/h12-13H,3-10H2,1-2H3/t12-,13-/m0/s1. The summed E-state index contributed by atoms with van der Waals surface area (Å²) in [5.41, 5.74) is 1.46. The molecule has 0 unspecified atom stereocenters. The molecule has 1 aromatic rings. The molecule has 0 bridgehead atoms. The second-order valence-corrected chi connectivity index (χ2v) is 6.17. The minimum Gasteiger partial charge on any atom is -0.360 e. The van der Waals surface area contributed by atoms with Crippen molar-refractivity contribution in [1.82, 2.24) is 10.1 Å². The fourth-order valence-corrected chi connectivity index (χ4v) is 3.95. The van der Waals surface area contributed by atoms with E-state index in [0.717, 1.165) is 36.4 Å². The highest BCUT2D eigenvalue weighted by Crippen LogP contribution is 2.36. The number of amides is 1. The highest BCUT2D eigenvalue weighted by Gasteiger charge is 2.37. The topological polar surface area (TPSA) is 46.3 Å². The van der Waals surface area contributed by atoms with E-state index in [1.807, 2.05) is 13.8 Å². The lowest BCUT2D eigenvalue weighted by molar-refractivity contribution is 0.0388. The van der Waals surface area contributed by atoms with Gasteiger partial charge in [-0.05, 0) is 38.5 Å². The van der Waals surface area contributed by atoms with E-state index in [0.29, 0.717) is 12.0 Å². The summed E-state index contributed by atoms with van der Waals surface area (Å²) in [5.74, 6) is 1.61. The van der Waals surface area contributed by atoms with Crippen molar-refractivity contribution in [3.63, 3.8) is 0 Å². The first kappa shape index (κ1) is 13.7. The van der Waals surface area contributed by atoms with Crippen molar-refractivity contribution in [3.8, 4) is 0 Å². The van der Waals surface area contributed by atoms with Crippen molar-refractivity contribution in [2.75, 3.05) is 6.54 Å². The molecule has 4 nitrogen and oxygen atoms in total. The van der Waals surface area contributed by atoms with E-state index in [-0.39, 0.29) is 5.91 Å². The van der Waals surface area contributed by atoms with Crippen LogP contribution in [-0.4, -0.2) is 28.6 Å². The summed E-state index contributed by atoms with van der Waals surface area (Å²) in [6.45, 7) is 4.78. The number of hydrogen-bond donors (Lipinski definition) is 0. The normalized spacial score (nSPS) is 26.4. The molecule has 1 aromatic heterocycles. The van der Waals surface area contributed by atoms with Crippen molar-refractivity contribution in [3.05, 3.63) is 17.0 Å². The fourth-order valence-electron chi connectivity index (χ4n) is 3.95. The van der Waals surface area contributed by atoms with Crippen LogP contribution in [0.25, 0.3) is 0 Å². The molecule has 110 valence electrons. The van der Waals surface area contributed by atoms with Crippen LogP contribution in [0.4, 0.5) is 0 Å². The number of likely N-dealkylation sites (tertiary alicyclic amines) is 1. The summed E-state index contributed by atoms with van der Waals surface area (Å²) in [6, 6.07) is 0.448. The lowest BCUT2D eigenvalue weighted by atomic mass is 9.78. The Bertz CT molecular complexity index is 493. The number of hydrogen-bond acceptors (Lipinski definition) is 3. The molecular weight excluding hydrogens is 252 g/mol. The molecule has 2 fully saturated rings. The van der Waals surface area contributed by atoms with Gasteiger partial charge in [-0.1, -0.05) is 24.9 Å². The molecule has 0 N–H and O–H groups in total. The molecule has 2 heterocycles. The van der Waals surface area contributed by atoms with Crippen molar-refractivity contribution in [2.45, 2.75) is 64.8 Å². The lowest BCUT2D eigenvalue weighted by Crippen LogP contribution is -2.49. The molecule has 4 heteroatoms. The molecule has 1 saturated heterocycles. The number of carbonyl (C=O) groups excluding carboxylic acids is 1. The predicted molar refractivity (Wildman–Crippen MR) is 76.6 cm³/mol. The lowest BCUT2D eigenvalue weighted by Gasteiger charge is -2.44. The summed E-state index contributed by atoms with van der Waals surface area (Å²) in [6.07, 6.45) is 8.20. The average molecular weight is 276 g/mol. The maximum Gasteiger partial charge on any atom is 0.259 e. The summed E-state index contributed by atoms with van der Waals surface area (Å²) < 4.78 is 5.30. The highest BCUT2D eigenvalue weighted by molar-refractivity contribution is 5.96. The van der Waals surface area contributed by atoms with Gasteiger partial charge in [-0.25, -0.2) is 0 Å². The molecule has 2 aliphatic rings. The first-order valence-corrected chi connectivity index (χ1v) is 7.98. The van der Waals surface area contributed by atoms with Gasteiger partial charge in [0, 0.05) is 19.0 Å². The van der Waals surface area contributed by atoms with Crippen LogP contribution < -0.4 is 0 Å². The van der Waals surface area contributed by atoms with E-state index >= 15 is 0 Å². The van der Waals surface area contributed by atoms with E-state index in [1.54, 1.807) is 0 Å². The van der Waals surface area contributed by atoms with Gasteiger partial charge in [0.2, 0.25) is 0 Å². The largest absolute Gasteiger partial charge is 0.360 e. The van der Waals surface area contributed by atoms with Gasteiger partial charge >= 0.3 is 0 Å². The second-order valence-electron chi connectivity index (χ2n) is 6.17. The van der Waals surface area contributed by atoms with Crippen molar-refractivity contribution in [2.24, 2.45) is 5.92 Å². The number of nitrogens with zero attached hydrogens (tertiary/aromatic N) is 2. The molecule has 1 saturated carbocycles. The van der Waals surface area contributed by atoms with Gasteiger partial charge in [-0.3, -0.25) is 4.79 Å². The van der Waals surface area contributed by atoms with Gasteiger partial charge in [-0.15, -0.1) is 0 Å². The van der Waals surface area contributed by atoms with Gasteiger partial charge in [0.05, 0.1) is 5.69 Å². The molecular formula is C16H24N2O2. The van der Waals surface area contributed by atoms with Crippen molar-refractivity contribution < 1.29 is 9.32 Å². The molecule has 1 aliphatic carbocycles. The number of fused-ring (bicyclic) bond motifs is 1. The van der Waals surface area contributed by atoms with Crippen LogP contribution in [-0.2, 0) is 6.42 Å². The number of aryl methyl sites for hydroxylation is 2. The van der Waals surface area contributed by atoms with E-state index < -0.39 is 0 Å². The zero-order chi connectivity index (χ0) is 14.1. The maximum absolute atomic E-state index is 12.9. The Balaban J connectivity index is 1.87. The Morgan fingerprint density at radius 1 is 1.30 bits per heavy atom. The Morgan fingerprint density at radius 3 is 2.85 bits per heavy atom. The average Bonchev–Trinajstić information content (AvgIpc) is 2.87. The fraction of sp³-hybridized carbons (Fsp3) is 0.750. The Morgan fingerprint density at radius 2 is 2.05 bits per heavy atom.